The Morgan fingerprint density at radius 2 is 1.69 bits per heavy atom. The first-order valence-electron chi connectivity index (χ1n) is 8.07. The molecule has 2 aromatic carbocycles. The quantitative estimate of drug-likeness (QED) is 0.719. The zero-order valence-corrected chi connectivity index (χ0v) is 14.5. The summed E-state index contributed by atoms with van der Waals surface area (Å²) >= 11 is 0. The van der Waals surface area contributed by atoms with Crippen molar-refractivity contribution in [2.45, 2.75) is 6.54 Å². The maximum atomic E-state index is 14.0. The van der Waals surface area contributed by atoms with Gasteiger partial charge in [-0.05, 0) is 35.9 Å². The highest BCUT2D eigenvalue weighted by Crippen LogP contribution is 2.30. The minimum Gasteiger partial charge on any atom is -0.457 e. The predicted molar refractivity (Wildman–Crippen MR) is 96.0 cm³/mol. The van der Waals surface area contributed by atoms with Crippen LogP contribution in [-0.4, -0.2) is 14.2 Å². The van der Waals surface area contributed by atoms with Gasteiger partial charge in [-0.1, -0.05) is 30.3 Å². The Balaban J connectivity index is 1.69. The van der Waals surface area contributed by atoms with Crippen LogP contribution < -0.4 is 14.0 Å². The van der Waals surface area contributed by atoms with E-state index in [1.54, 1.807) is 28.8 Å². The molecule has 0 radical (unpaired) electrons. The van der Waals surface area contributed by atoms with Gasteiger partial charge < -0.3 is 4.74 Å². The zero-order valence-electron chi connectivity index (χ0n) is 13.7. The average Bonchev–Trinajstić information content (AvgIpc) is 2.63. The van der Waals surface area contributed by atoms with Crippen molar-refractivity contribution in [1.82, 2.24) is 0 Å². The lowest BCUT2D eigenvalue weighted by atomic mass is 10.1. The lowest BCUT2D eigenvalue weighted by Gasteiger charge is -2.16. The second-order valence-electron chi connectivity index (χ2n) is 5.97. The van der Waals surface area contributed by atoms with Gasteiger partial charge in [-0.25, -0.2) is 8.96 Å². The largest absolute Gasteiger partial charge is 0.457 e. The second kappa shape index (κ2) is 6.42. The molecule has 26 heavy (non-hydrogen) atoms. The molecular formula is C19H16FN2O3S+. The number of aryl methyl sites for hydroxylation is 1. The molecule has 0 saturated carbocycles. The van der Waals surface area contributed by atoms with Crippen LogP contribution in [-0.2, 0) is 16.6 Å². The van der Waals surface area contributed by atoms with E-state index >= 15 is 0 Å². The number of para-hydroxylation sites is 1. The SMILES string of the molecule is O=S1(=O)CC[n+]2cc(F)cc(-c3ccc(Oc4ccccc4)cc3)c2N1. The van der Waals surface area contributed by atoms with E-state index in [-0.39, 0.29) is 12.3 Å². The van der Waals surface area contributed by atoms with E-state index in [1.165, 1.54) is 12.3 Å². The van der Waals surface area contributed by atoms with E-state index in [1.807, 2.05) is 30.3 Å². The minimum absolute atomic E-state index is 0.0720. The van der Waals surface area contributed by atoms with Gasteiger partial charge in [-0.3, -0.25) is 0 Å². The van der Waals surface area contributed by atoms with Gasteiger partial charge in [0.1, 0.15) is 30.0 Å². The Morgan fingerprint density at radius 3 is 2.42 bits per heavy atom. The van der Waals surface area contributed by atoms with Crippen LogP contribution in [0.15, 0.2) is 66.9 Å². The molecule has 0 fully saturated rings. The summed E-state index contributed by atoms with van der Waals surface area (Å²) in [4.78, 5) is 0. The lowest BCUT2D eigenvalue weighted by Crippen LogP contribution is -2.47. The smallest absolute Gasteiger partial charge is 0.302 e. The van der Waals surface area contributed by atoms with Crippen molar-refractivity contribution in [3.8, 4) is 22.6 Å². The Labute approximate surface area is 150 Å². The molecule has 1 aliphatic rings. The molecule has 3 aromatic rings. The van der Waals surface area contributed by atoms with Crippen molar-refractivity contribution in [3.05, 3.63) is 72.7 Å². The first-order valence-corrected chi connectivity index (χ1v) is 9.72. The summed E-state index contributed by atoms with van der Waals surface area (Å²) < 4.78 is 47.6. The van der Waals surface area contributed by atoms with Gasteiger partial charge in [0, 0.05) is 0 Å². The Bertz CT molecular complexity index is 1050. The third kappa shape index (κ3) is 3.39. The number of nitrogens with one attached hydrogen (secondary N) is 1. The first-order chi connectivity index (χ1) is 12.5. The normalized spacial score (nSPS) is 15.0. The molecule has 5 nitrogen and oxygen atoms in total. The number of benzene rings is 2. The molecule has 4 rings (SSSR count). The molecule has 0 aliphatic carbocycles. The van der Waals surface area contributed by atoms with Gasteiger partial charge in [-0.15, -0.1) is 0 Å². The number of sulfonamides is 1. The maximum Gasteiger partial charge on any atom is 0.302 e. The summed E-state index contributed by atoms with van der Waals surface area (Å²) in [6.45, 7) is 0.213. The van der Waals surface area contributed by atoms with Crippen molar-refractivity contribution >= 4 is 15.8 Å². The van der Waals surface area contributed by atoms with Gasteiger partial charge >= 0.3 is 10.0 Å². The number of pyridine rings is 1. The van der Waals surface area contributed by atoms with Crippen LogP contribution in [0.5, 0.6) is 11.5 Å². The molecule has 0 amide bonds. The second-order valence-corrected chi connectivity index (χ2v) is 7.82. The van der Waals surface area contributed by atoms with Crippen molar-refractivity contribution in [2.24, 2.45) is 0 Å². The highest BCUT2D eigenvalue weighted by Gasteiger charge is 2.30. The molecule has 7 heteroatoms. The van der Waals surface area contributed by atoms with Crippen LogP contribution in [0.25, 0.3) is 11.1 Å². The molecule has 0 atom stereocenters. The van der Waals surface area contributed by atoms with E-state index in [2.05, 4.69) is 4.72 Å². The maximum absolute atomic E-state index is 14.0. The van der Waals surface area contributed by atoms with Crippen LogP contribution >= 0.6 is 0 Å². The summed E-state index contributed by atoms with van der Waals surface area (Å²) in [5.74, 6) is 1.23. The van der Waals surface area contributed by atoms with Gasteiger partial charge in [-0.2, -0.15) is 13.1 Å². The Hall–Kier alpha value is -2.93. The summed E-state index contributed by atoms with van der Waals surface area (Å²) in [5, 5.41) is 0. The number of hydrogen-bond acceptors (Lipinski definition) is 3. The van der Waals surface area contributed by atoms with Gasteiger partial charge in [0.2, 0.25) is 0 Å². The van der Waals surface area contributed by atoms with Crippen molar-refractivity contribution in [2.75, 3.05) is 10.5 Å². The lowest BCUT2D eigenvalue weighted by molar-refractivity contribution is -0.680. The van der Waals surface area contributed by atoms with Crippen LogP contribution in [0.3, 0.4) is 0 Å². The number of anilines is 1. The summed E-state index contributed by atoms with van der Waals surface area (Å²) in [5.41, 5.74) is 1.18. The third-order valence-corrected chi connectivity index (χ3v) is 5.33. The van der Waals surface area contributed by atoms with Crippen molar-refractivity contribution in [3.63, 3.8) is 0 Å². The molecule has 2 heterocycles. The number of ether oxygens (including phenoxy) is 1. The third-order valence-electron chi connectivity index (χ3n) is 4.10. The topological polar surface area (TPSA) is 59.3 Å². The van der Waals surface area contributed by atoms with Crippen molar-refractivity contribution in [1.29, 1.82) is 0 Å². The number of rotatable bonds is 3. The standard InChI is InChI=1S/C19H15FN2O3S/c20-15-12-18(19-21-26(23,24)11-10-22(19)13-15)14-6-8-17(9-7-14)25-16-4-2-1-3-5-16/h1-9,12-13H,10-11H2/p+1. The fourth-order valence-electron chi connectivity index (χ4n) is 2.87. The van der Waals surface area contributed by atoms with E-state index in [9.17, 15) is 12.8 Å². The predicted octanol–water partition coefficient (Wildman–Crippen LogP) is 3.33. The number of nitrogens with zero attached hydrogens (tertiary/aromatic N) is 1. The van der Waals surface area contributed by atoms with Crippen LogP contribution in [0.2, 0.25) is 0 Å². The highest BCUT2D eigenvalue weighted by atomic mass is 32.2. The molecule has 0 unspecified atom stereocenters. The van der Waals surface area contributed by atoms with Gasteiger partial charge in [0.25, 0.3) is 5.82 Å². The number of fused-ring (bicyclic) bond motifs is 1. The summed E-state index contributed by atoms with van der Waals surface area (Å²) in [6, 6.07) is 17.8. The van der Waals surface area contributed by atoms with Crippen molar-refractivity contribution < 1.29 is 22.1 Å². The minimum atomic E-state index is -3.41. The zero-order chi connectivity index (χ0) is 18.1. The van der Waals surface area contributed by atoms with Crippen LogP contribution in [0.4, 0.5) is 10.2 Å². The summed E-state index contributed by atoms with van der Waals surface area (Å²) in [6.07, 6.45) is 1.30. The highest BCUT2D eigenvalue weighted by molar-refractivity contribution is 7.92. The molecule has 132 valence electrons. The first kappa shape index (κ1) is 16.5. The number of hydrogen-bond donors (Lipinski definition) is 1. The fourth-order valence-corrected chi connectivity index (χ4v) is 3.93. The average molecular weight is 371 g/mol. The summed E-state index contributed by atoms with van der Waals surface area (Å²) in [7, 11) is -3.41. The Morgan fingerprint density at radius 1 is 1.00 bits per heavy atom. The molecule has 0 bridgehead atoms. The number of halogens is 1. The van der Waals surface area contributed by atoms with E-state index in [0.29, 0.717) is 28.4 Å². The van der Waals surface area contributed by atoms with E-state index in [4.69, 9.17) is 4.74 Å². The molecule has 0 spiro atoms. The molecule has 0 saturated heterocycles. The molecule has 1 aromatic heterocycles. The van der Waals surface area contributed by atoms with E-state index < -0.39 is 15.8 Å². The monoisotopic (exact) mass is 371 g/mol. The molecular weight excluding hydrogens is 355 g/mol. The number of aromatic nitrogens is 1. The van der Waals surface area contributed by atoms with Gasteiger partial charge in [0.15, 0.2) is 5.82 Å². The van der Waals surface area contributed by atoms with Crippen LogP contribution in [0.1, 0.15) is 0 Å². The molecule has 1 N–H and O–H groups in total. The van der Waals surface area contributed by atoms with E-state index in [0.717, 1.165) is 0 Å². The Kier molecular flexibility index (Phi) is 4.08. The fraction of sp³-hybridized carbons (Fsp3) is 0.105. The molecule has 1 aliphatic heterocycles. The van der Waals surface area contributed by atoms with Gasteiger partial charge in [0.05, 0.1) is 5.56 Å². The van der Waals surface area contributed by atoms with Crippen LogP contribution in [0, 0.1) is 5.82 Å².